The van der Waals surface area contributed by atoms with E-state index >= 15 is 0 Å². The van der Waals surface area contributed by atoms with Crippen LogP contribution in [0.5, 0.6) is 0 Å². The number of nitrogens with one attached hydrogen (secondary N) is 1. The van der Waals surface area contributed by atoms with E-state index in [1.807, 2.05) is 38.1 Å². The molecule has 0 aliphatic rings. The zero-order valence-electron chi connectivity index (χ0n) is 10.6. The largest absolute Gasteiger partial charge is 0.362 e. The Morgan fingerprint density at radius 2 is 2.29 bits per heavy atom. The predicted octanol–water partition coefficient (Wildman–Crippen LogP) is 0.501. The zero-order valence-corrected chi connectivity index (χ0v) is 10.6. The third kappa shape index (κ3) is 4.40. The van der Waals surface area contributed by atoms with Gasteiger partial charge in [0.25, 0.3) is 0 Å². The monoisotopic (exact) mass is 236 g/mol. The van der Waals surface area contributed by atoms with Gasteiger partial charge < -0.3 is 16.0 Å². The van der Waals surface area contributed by atoms with Crippen LogP contribution in [0.1, 0.15) is 18.9 Å². The number of rotatable bonds is 5. The van der Waals surface area contributed by atoms with E-state index in [0.29, 0.717) is 13.0 Å². The van der Waals surface area contributed by atoms with Gasteiger partial charge in [0, 0.05) is 44.9 Å². The van der Waals surface area contributed by atoms with Crippen molar-refractivity contribution in [3.63, 3.8) is 0 Å². The van der Waals surface area contributed by atoms with Crippen LogP contribution in [0.4, 0.5) is 5.82 Å². The first kappa shape index (κ1) is 13.4. The maximum atomic E-state index is 11.5. The molecule has 1 aromatic heterocycles. The summed E-state index contributed by atoms with van der Waals surface area (Å²) < 4.78 is 0. The summed E-state index contributed by atoms with van der Waals surface area (Å²) in [6.07, 6.45) is 2.08. The SMILES string of the molecule is CC(N)CC(=O)NCc1cccnc1N(C)C. The van der Waals surface area contributed by atoms with Crippen LogP contribution in [0.15, 0.2) is 18.3 Å². The summed E-state index contributed by atoms with van der Waals surface area (Å²) in [6.45, 7) is 2.29. The average Bonchev–Trinajstić information content (AvgIpc) is 2.25. The molecule has 0 spiro atoms. The quantitative estimate of drug-likeness (QED) is 0.781. The lowest BCUT2D eigenvalue weighted by Crippen LogP contribution is -2.30. The first-order valence-electron chi connectivity index (χ1n) is 5.64. The molecule has 0 bridgehead atoms. The minimum Gasteiger partial charge on any atom is -0.362 e. The summed E-state index contributed by atoms with van der Waals surface area (Å²) in [5.41, 5.74) is 6.55. The number of carbonyl (C=O) groups excluding carboxylic acids is 1. The summed E-state index contributed by atoms with van der Waals surface area (Å²) in [4.78, 5) is 17.7. The Morgan fingerprint density at radius 1 is 1.59 bits per heavy atom. The molecule has 1 atom stereocenters. The third-order valence-corrected chi connectivity index (χ3v) is 2.27. The fraction of sp³-hybridized carbons (Fsp3) is 0.500. The lowest BCUT2D eigenvalue weighted by Gasteiger charge is -2.16. The first-order valence-corrected chi connectivity index (χ1v) is 5.64. The molecule has 0 radical (unpaired) electrons. The van der Waals surface area contributed by atoms with Gasteiger partial charge in [0.1, 0.15) is 5.82 Å². The van der Waals surface area contributed by atoms with E-state index in [9.17, 15) is 4.79 Å². The maximum absolute atomic E-state index is 11.5. The van der Waals surface area contributed by atoms with E-state index in [0.717, 1.165) is 11.4 Å². The first-order chi connectivity index (χ1) is 8.00. The van der Waals surface area contributed by atoms with Gasteiger partial charge in [0.05, 0.1) is 0 Å². The van der Waals surface area contributed by atoms with Gasteiger partial charge in [0.15, 0.2) is 0 Å². The Labute approximate surface area is 102 Å². The Balaban J connectivity index is 2.60. The summed E-state index contributed by atoms with van der Waals surface area (Å²) in [6, 6.07) is 3.70. The second-order valence-electron chi connectivity index (χ2n) is 4.34. The minimum absolute atomic E-state index is 0.0337. The molecule has 0 aliphatic carbocycles. The number of amides is 1. The molecule has 1 aromatic rings. The topological polar surface area (TPSA) is 71.2 Å². The Morgan fingerprint density at radius 3 is 2.88 bits per heavy atom. The van der Waals surface area contributed by atoms with Crippen LogP contribution < -0.4 is 16.0 Å². The van der Waals surface area contributed by atoms with Gasteiger partial charge in [-0.1, -0.05) is 6.07 Å². The number of hydrogen-bond acceptors (Lipinski definition) is 4. The highest BCUT2D eigenvalue weighted by Gasteiger charge is 2.08. The van der Waals surface area contributed by atoms with Gasteiger partial charge in [-0.2, -0.15) is 0 Å². The van der Waals surface area contributed by atoms with Crippen LogP contribution >= 0.6 is 0 Å². The molecular formula is C12H20N4O. The van der Waals surface area contributed by atoms with Crippen LogP contribution in [0.3, 0.4) is 0 Å². The van der Waals surface area contributed by atoms with E-state index in [1.54, 1.807) is 6.20 Å². The Bertz CT molecular complexity index is 377. The van der Waals surface area contributed by atoms with Crippen LogP contribution in [0, 0.1) is 0 Å². The van der Waals surface area contributed by atoms with Crippen molar-refractivity contribution < 1.29 is 4.79 Å². The average molecular weight is 236 g/mol. The van der Waals surface area contributed by atoms with E-state index in [2.05, 4.69) is 10.3 Å². The molecule has 0 saturated heterocycles. The molecule has 1 amide bonds. The standard InChI is InChI=1S/C12H20N4O/c1-9(13)7-11(17)15-8-10-5-4-6-14-12(10)16(2)3/h4-6,9H,7-8,13H2,1-3H3,(H,15,17). The van der Waals surface area contributed by atoms with Crippen molar-refractivity contribution in [2.75, 3.05) is 19.0 Å². The summed E-state index contributed by atoms with van der Waals surface area (Å²) in [7, 11) is 3.85. The van der Waals surface area contributed by atoms with Gasteiger partial charge in [0.2, 0.25) is 5.91 Å². The van der Waals surface area contributed by atoms with Crippen molar-refractivity contribution in [3.05, 3.63) is 23.9 Å². The van der Waals surface area contributed by atoms with Crippen LogP contribution in [0.25, 0.3) is 0 Å². The molecule has 17 heavy (non-hydrogen) atoms. The molecule has 94 valence electrons. The fourth-order valence-corrected chi connectivity index (χ4v) is 1.53. The summed E-state index contributed by atoms with van der Waals surface area (Å²) >= 11 is 0. The molecular weight excluding hydrogens is 216 g/mol. The number of nitrogens with two attached hydrogens (primary N) is 1. The van der Waals surface area contributed by atoms with Crippen molar-refractivity contribution in [1.29, 1.82) is 0 Å². The van der Waals surface area contributed by atoms with E-state index in [4.69, 9.17) is 5.73 Å². The van der Waals surface area contributed by atoms with Gasteiger partial charge in [-0.05, 0) is 13.0 Å². The number of pyridine rings is 1. The minimum atomic E-state index is -0.114. The van der Waals surface area contributed by atoms with Gasteiger partial charge in [-0.15, -0.1) is 0 Å². The Kier molecular flexibility index (Phi) is 4.90. The highest BCUT2D eigenvalue weighted by Crippen LogP contribution is 2.13. The lowest BCUT2D eigenvalue weighted by molar-refractivity contribution is -0.121. The maximum Gasteiger partial charge on any atom is 0.221 e. The smallest absolute Gasteiger partial charge is 0.221 e. The normalized spacial score (nSPS) is 12.0. The molecule has 0 aromatic carbocycles. The van der Waals surface area contributed by atoms with Crippen LogP contribution in [-0.2, 0) is 11.3 Å². The number of hydrogen-bond donors (Lipinski definition) is 2. The molecule has 5 heteroatoms. The highest BCUT2D eigenvalue weighted by molar-refractivity contribution is 5.76. The van der Waals surface area contributed by atoms with Crippen molar-refractivity contribution >= 4 is 11.7 Å². The molecule has 3 N–H and O–H groups in total. The molecule has 0 aliphatic heterocycles. The lowest BCUT2D eigenvalue weighted by atomic mass is 10.2. The predicted molar refractivity (Wildman–Crippen MR) is 68.7 cm³/mol. The third-order valence-electron chi connectivity index (χ3n) is 2.27. The number of anilines is 1. The fourth-order valence-electron chi connectivity index (χ4n) is 1.53. The molecule has 0 fully saturated rings. The van der Waals surface area contributed by atoms with Crippen molar-refractivity contribution in [2.24, 2.45) is 5.73 Å². The van der Waals surface area contributed by atoms with Crippen molar-refractivity contribution in [3.8, 4) is 0 Å². The Hall–Kier alpha value is -1.62. The second kappa shape index (κ2) is 6.20. The van der Waals surface area contributed by atoms with Crippen molar-refractivity contribution in [2.45, 2.75) is 25.9 Å². The van der Waals surface area contributed by atoms with Crippen LogP contribution in [0.2, 0.25) is 0 Å². The molecule has 1 rings (SSSR count). The summed E-state index contributed by atoms with van der Waals surface area (Å²) in [5, 5.41) is 2.84. The zero-order chi connectivity index (χ0) is 12.8. The number of carbonyl (C=O) groups is 1. The molecule has 0 saturated carbocycles. The number of aromatic nitrogens is 1. The molecule has 1 unspecified atom stereocenters. The van der Waals surface area contributed by atoms with E-state index < -0.39 is 0 Å². The summed E-state index contributed by atoms with van der Waals surface area (Å²) in [5.74, 6) is 0.835. The highest BCUT2D eigenvalue weighted by atomic mass is 16.1. The van der Waals surface area contributed by atoms with Gasteiger partial charge in [-0.25, -0.2) is 4.98 Å². The molecule has 1 heterocycles. The van der Waals surface area contributed by atoms with E-state index in [1.165, 1.54) is 0 Å². The second-order valence-corrected chi connectivity index (χ2v) is 4.34. The van der Waals surface area contributed by atoms with Crippen LogP contribution in [-0.4, -0.2) is 31.0 Å². The number of nitrogens with zero attached hydrogens (tertiary/aromatic N) is 2. The van der Waals surface area contributed by atoms with Gasteiger partial charge >= 0.3 is 0 Å². The van der Waals surface area contributed by atoms with E-state index in [-0.39, 0.29) is 11.9 Å². The molecule has 5 nitrogen and oxygen atoms in total. The van der Waals surface area contributed by atoms with Gasteiger partial charge in [-0.3, -0.25) is 4.79 Å². The van der Waals surface area contributed by atoms with Crippen molar-refractivity contribution in [1.82, 2.24) is 10.3 Å².